The molecule has 0 saturated heterocycles. The SMILES string of the molecule is CCc1nn(CC(=O)[O-])c(CC)c1Oc1cccc(C#N)c1. The summed E-state index contributed by atoms with van der Waals surface area (Å²) in [7, 11) is 0. The monoisotopic (exact) mass is 298 g/mol. The van der Waals surface area contributed by atoms with Crippen LogP contribution in [0.5, 0.6) is 11.5 Å². The van der Waals surface area contributed by atoms with E-state index in [4.69, 9.17) is 10.00 Å². The van der Waals surface area contributed by atoms with Crippen LogP contribution in [-0.2, 0) is 24.2 Å². The summed E-state index contributed by atoms with van der Waals surface area (Å²) in [6, 6.07) is 8.86. The summed E-state index contributed by atoms with van der Waals surface area (Å²) < 4.78 is 7.28. The maximum atomic E-state index is 10.8. The lowest BCUT2D eigenvalue weighted by molar-refractivity contribution is -0.306. The Morgan fingerprint density at radius 3 is 2.77 bits per heavy atom. The van der Waals surface area contributed by atoms with E-state index in [1.165, 1.54) is 4.68 Å². The Balaban J connectivity index is 2.42. The summed E-state index contributed by atoms with van der Waals surface area (Å²) in [4.78, 5) is 10.8. The second-order valence-corrected chi connectivity index (χ2v) is 4.70. The minimum Gasteiger partial charge on any atom is -0.548 e. The van der Waals surface area contributed by atoms with Crippen molar-refractivity contribution in [2.24, 2.45) is 0 Å². The average molecular weight is 298 g/mol. The third kappa shape index (κ3) is 3.26. The van der Waals surface area contributed by atoms with Crippen molar-refractivity contribution in [1.82, 2.24) is 9.78 Å². The zero-order valence-electron chi connectivity index (χ0n) is 12.5. The molecular weight excluding hydrogens is 282 g/mol. The number of hydrogen-bond donors (Lipinski definition) is 0. The number of carbonyl (C=O) groups is 1. The molecule has 0 spiro atoms. The van der Waals surface area contributed by atoms with Crippen LogP contribution in [0, 0.1) is 11.3 Å². The number of benzene rings is 1. The molecule has 0 amide bonds. The number of carbonyl (C=O) groups excluding carboxylic acids is 1. The van der Waals surface area contributed by atoms with E-state index in [2.05, 4.69) is 11.2 Å². The van der Waals surface area contributed by atoms with Crippen molar-refractivity contribution in [2.45, 2.75) is 33.2 Å². The molecule has 0 aliphatic heterocycles. The fourth-order valence-corrected chi connectivity index (χ4v) is 2.23. The number of aliphatic carboxylic acids is 1. The minimum atomic E-state index is -1.20. The smallest absolute Gasteiger partial charge is 0.171 e. The Bertz CT molecular complexity index is 729. The summed E-state index contributed by atoms with van der Waals surface area (Å²) in [6.45, 7) is 3.52. The Labute approximate surface area is 128 Å². The maximum Gasteiger partial charge on any atom is 0.171 e. The molecule has 0 atom stereocenters. The third-order valence-corrected chi connectivity index (χ3v) is 3.21. The Hall–Kier alpha value is -2.81. The van der Waals surface area contributed by atoms with E-state index in [0.29, 0.717) is 41.3 Å². The van der Waals surface area contributed by atoms with Crippen LogP contribution in [0.1, 0.15) is 30.8 Å². The standard InChI is InChI=1S/C16H17N3O3/c1-3-13-16(14(4-2)19(18-13)10-15(20)21)22-12-7-5-6-11(8-12)9-17/h5-8H,3-4,10H2,1-2H3,(H,20,21)/p-1. The van der Waals surface area contributed by atoms with Crippen molar-refractivity contribution in [3.05, 3.63) is 41.2 Å². The summed E-state index contributed by atoms with van der Waals surface area (Å²) in [6.07, 6.45) is 1.19. The van der Waals surface area contributed by atoms with Crippen LogP contribution in [0.15, 0.2) is 24.3 Å². The quantitative estimate of drug-likeness (QED) is 0.804. The first-order valence-corrected chi connectivity index (χ1v) is 7.05. The Morgan fingerprint density at radius 1 is 1.41 bits per heavy atom. The van der Waals surface area contributed by atoms with Crippen molar-refractivity contribution in [3.8, 4) is 17.6 Å². The third-order valence-electron chi connectivity index (χ3n) is 3.21. The number of ether oxygens (including phenoxy) is 1. The zero-order valence-corrected chi connectivity index (χ0v) is 12.5. The number of aromatic nitrogens is 2. The lowest BCUT2D eigenvalue weighted by atomic mass is 10.2. The van der Waals surface area contributed by atoms with Gasteiger partial charge in [-0.3, -0.25) is 4.68 Å². The molecule has 1 aromatic carbocycles. The second kappa shape index (κ2) is 6.76. The topological polar surface area (TPSA) is 91.0 Å². The summed E-state index contributed by atoms with van der Waals surface area (Å²) >= 11 is 0. The summed E-state index contributed by atoms with van der Waals surface area (Å²) in [5.41, 5.74) is 1.87. The highest BCUT2D eigenvalue weighted by atomic mass is 16.5. The van der Waals surface area contributed by atoms with Gasteiger partial charge in [-0.15, -0.1) is 0 Å². The number of nitriles is 1. The molecule has 22 heavy (non-hydrogen) atoms. The predicted octanol–water partition coefficient (Wildman–Crippen LogP) is 1.42. The normalized spacial score (nSPS) is 10.2. The zero-order chi connectivity index (χ0) is 16.1. The molecule has 0 fully saturated rings. The van der Waals surface area contributed by atoms with Crippen molar-refractivity contribution < 1.29 is 14.6 Å². The molecule has 0 bridgehead atoms. The van der Waals surface area contributed by atoms with Gasteiger partial charge in [-0.2, -0.15) is 10.4 Å². The molecule has 0 N–H and O–H groups in total. The van der Waals surface area contributed by atoms with E-state index in [9.17, 15) is 9.90 Å². The van der Waals surface area contributed by atoms with Gasteiger partial charge in [-0.1, -0.05) is 19.9 Å². The van der Waals surface area contributed by atoms with E-state index in [1.807, 2.05) is 13.8 Å². The summed E-state index contributed by atoms with van der Waals surface area (Å²) in [5, 5.41) is 24.1. The number of hydrogen-bond acceptors (Lipinski definition) is 5. The first-order chi connectivity index (χ1) is 10.6. The average Bonchev–Trinajstić information content (AvgIpc) is 2.83. The van der Waals surface area contributed by atoms with Crippen LogP contribution in [0.4, 0.5) is 0 Å². The van der Waals surface area contributed by atoms with Gasteiger partial charge in [-0.25, -0.2) is 0 Å². The van der Waals surface area contributed by atoms with Crippen molar-refractivity contribution in [2.75, 3.05) is 0 Å². The molecule has 0 saturated carbocycles. The number of rotatable bonds is 6. The molecule has 114 valence electrons. The predicted molar refractivity (Wildman–Crippen MR) is 77.2 cm³/mol. The molecule has 0 radical (unpaired) electrons. The molecule has 0 unspecified atom stereocenters. The van der Waals surface area contributed by atoms with Crippen LogP contribution in [0.2, 0.25) is 0 Å². The molecule has 6 nitrogen and oxygen atoms in total. The minimum absolute atomic E-state index is 0.308. The van der Waals surface area contributed by atoms with Crippen LogP contribution in [0.3, 0.4) is 0 Å². The van der Waals surface area contributed by atoms with Crippen LogP contribution < -0.4 is 9.84 Å². The molecule has 1 heterocycles. The molecule has 0 aliphatic carbocycles. The van der Waals surface area contributed by atoms with Gasteiger partial charge in [0.2, 0.25) is 0 Å². The van der Waals surface area contributed by atoms with Crippen molar-refractivity contribution in [1.29, 1.82) is 5.26 Å². The molecule has 2 rings (SSSR count). The number of carboxylic acids is 1. The van der Waals surface area contributed by atoms with Gasteiger partial charge in [0.05, 0.1) is 29.8 Å². The van der Waals surface area contributed by atoms with Gasteiger partial charge in [0.1, 0.15) is 11.4 Å². The highest BCUT2D eigenvalue weighted by molar-refractivity contribution is 5.64. The van der Waals surface area contributed by atoms with Crippen molar-refractivity contribution in [3.63, 3.8) is 0 Å². The molecular formula is C16H16N3O3-. The molecule has 6 heteroatoms. The largest absolute Gasteiger partial charge is 0.548 e. The number of nitrogens with zero attached hydrogens (tertiary/aromatic N) is 3. The summed E-state index contributed by atoms with van der Waals surface area (Å²) in [5.74, 6) is -0.115. The van der Waals surface area contributed by atoms with Gasteiger partial charge in [-0.05, 0) is 31.0 Å². The van der Waals surface area contributed by atoms with E-state index >= 15 is 0 Å². The molecule has 1 aromatic heterocycles. The van der Waals surface area contributed by atoms with E-state index in [0.717, 1.165) is 0 Å². The highest BCUT2D eigenvalue weighted by Crippen LogP contribution is 2.30. The van der Waals surface area contributed by atoms with Crippen molar-refractivity contribution >= 4 is 5.97 Å². The van der Waals surface area contributed by atoms with E-state index in [-0.39, 0.29) is 6.54 Å². The Morgan fingerprint density at radius 2 is 2.18 bits per heavy atom. The van der Waals surface area contributed by atoms with E-state index in [1.54, 1.807) is 24.3 Å². The first kappa shape index (κ1) is 15.6. The first-order valence-electron chi connectivity index (χ1n) is 7.05. The fraction of sp³-hybridized carbons (Fsp3) is 0.312. The highest BCUT2D eigenvalue weighted by Gasteiger charge is 2.18. The lowest BCUT2D eigenvalue weighted by Gasteiger charge is -2.10. The lowest BCUT2D eigenvalue weighted by Crippen LogP contribution is -2.28. The molecule has 2 aromatic rings. The van der Waals surface area contributed by atoms with Gasteiger partial charge in [0.25, 0.3) is 0 Å². The van der Waals surface area contributed by atoms with Gasteiger partial charge >= 0.3 is 0 Å². The van der Waals surface area contributed by atoms with Crippen LogP contribution >= 0.6 is 0 Å². The maximum absolute atomic E-state index is 10.8. The number of aryl methyl sites for hydroxylation is 1. The second-order valence-electron chi connectivity index (χ2n) is 4.70. The fourth-order valence-electron chi connectivity index (χ4n) is 2.23. The van der Waals surface area contributed by atoms with E-state index < -0.39 is 5.97 Å². The van der Waals surface area contributed by atoms with Crippen LogP contribution in [0.25, 0.3) is 0 Å². The Kier molecular flexibility index (Phi) is 4.79. The van der Waals surface area contributed by atoms with Crippen LogP contribution in [-0.4, -0.2) is 15.7 Å². The number of carboxylic acid groups (broad SMARTS) is 1. The molecule has 0 aliphatic rings. The van der Waals surface area contributed by atoms with Gasteiger partial charge < -0.3 is 14.6 Å². The van der Waals surface area contributed by atoms with Gasteiger partial charge in [0.15, 0.2) is 5.75 Å². The van der Waals surface area contributed by atoms with Gasteiger partial charge in [0, 0.05) is 0 Å².